The monoisotopic (exact) mass is 364 g/mol. The highest BCUT2D eigenvalue weighted by molar-refractivity contribution is 5.90. The first-order valence-electron chi connectivity index (χ1n) is 8.00. The van der Waals surface area contributed by atoms with Crippen LogP contribution < -0.4 is 10.2 Å². The van der Waals surface area contributed by atoms with Crippen molar-refractivity contribution in [2.45, 2.75) is 19.4 Å². The van der Waals surface area contributed by atoms with Gasteiger partial charge in [-0.1, -0.05) is 0 Å². The molecule has 0 spiro atoms. The van der Waals surface area contributed by atoms with Crippen LogP contribution in [0.15, 0.2) is 41.0 Å². The second kappa shape index (κ2) is 8.01. The van der Waals surface area contributed by atoms with E-state index >= 15 is 0 Å². The molecule has 26 heavy (non-hydrogen) atoms. The minimum absolute atomic E-state index is 0.0498. The number of carboxylic acid groups (broad SMARTS) is 2. The van der Waals surface area contributed by atoms with Crippen LogP contribution in [0, 0.1) is 5.82 Å². The van der Waals surface area contributed by atoms with E-state index in [0.717, 1.165) is 36.3 Å². The summed E-state index contributed by atoms with van der Waals surface area (Å²) in [6.45, 7) is 6.94. The maximum Gasteiger partial charge on any atom is 0.328 e. The van der Waals surface area contributed by atoms with Crippen molar-refractivity contribution in [3.63, 3.8) is 0 Å². The Hall–Kier alpha value is -2.87. The summed E-state index contributed by atoms with van der Waals surface area (Å²) in [5, 5.41) is 19.8. The maximum absolute atomic E-state index is 13.7. The molecule has 2 aromatic rings. The number of anilines is 1. The molecule has 1 aromatic carbocycles. The van der Waals surface area contributed by atoms with Gasteiger partial charge in [0, 0.05) is 48.8 Å². The van der Waals surface area contributed by atoms with Crippen molar-refractivity contribution in [2.24, 2.45) is 0 Å². The summed E-state index contributed by atoms with van der Waals surface area (Å²) < 4.78 is 19.2. The number of nitrogens with zero attached hydrogens (tertiary/aromatic N) is 1. The highest BCUT2D eigenvalue weighted by Gasteiger charge is 2.31. The molecule has 0 atom stereocenters. The summed E-state index contributed by atoms with van der Waals surface area (Å²) in [4.78, 5) is 21.3. The van der Waals surface area contributed by atoms with Crippen LogP contribution in [0.25, 0.3) is 11.0 Å². The summed E-state index contributed by atoms with van der Waals surface area (Å²) in [5.41, 5.74) is 1.57. The van der Waals surface area contributed by atoms with E-state index in [1.807, 2.05) is 0 Å². The lowest BCUT2D eigenvalue weighted by atomic mass is 9.98. The number of furan rings is 1. The molecule has 2 heterocycles. The molecule has 7 nitrogen and oxygen atoms in total. The van der Waals surface area contributed by atoms with Crippen molar-refractivity contribution in [3.8, 4) is 0 Å². The fraction of sp³-hybridized carbons (Fsp3) is 0.333. The Morgan fingerprint density at radius 1 is 1.27 bits per heavy atom. The van der Waals surface area contributed by atoms with Crippen LogP contribution in [0.2, 0.25) is 0 Å². The van der Waals surface area contributed by atoms with Gasteiger partial charge in [-0.25, -0.2) is 14.0 Å². The van der Waals surface area contributed by atoms with E-state index in [-0.39, 0.29) is 11.4 Å². The highest BCUT2D eigenvalue weighted by atomic mass is 19.1. The van der Waals surface area contributed by atoms with Gasteiger partial charge in [0.05, 0.1) is 12.0 Å². The Morgan fingerprint density at radius 2 is 1.92 bits per heavy atom. The Morgan fingerprint density at radius 3 is 2.50 bits per heavy atom. The molecule has 0 aliphatic carbocycles. The van der Waals surface area contributed by atoms with Gasteiger partial charge in [0.15, 0.2) is 5.58 Å². The fourth-order valence-electron chi connectivity index (χ4n) is 2.80. The van der Waals surface area contributed by atoms with Crippen molar-refractivity contribution < 1.29 is 28.6 Å². The lowest BCUT2D eigenvalue weighted by molar-refractivity contribution is -0.134. The number of benzene rings is 1. The molecule has 0 saturated carbocycles. The van der Waals surface area contributed by atoms with Gasteiger partial charge in [-0.05, 0) is 26.0 Å². The van der Waals surface area contributed by atoms with Crippen LogP contribution in [-0.4, -0.2) is 47.3 Å². The minimum atomic E-state index is -1.26. The first-order chi connectivity index (χ1) is 12.2. The Balaban J connectivity index is 0.000000260. The Kier molecular flexibility index (Phi) is 5.99. The lowest BCUT2D eigenvalue weighted by Crippen LogP contribution is -2.58. The van der Waals surface area contributed by atoms with Gasteiger partial charge < -0.3 is 24.8 Å². The first kappa shape index (κ1) is 19.5. The molecule has 3 rings (SSSR count). The number of aliphatic carboxylic acids is 2. The van der Waals surface area contributed by atoms with E-state index < -0.39 is 11.9 Å². The second-order valence-corrected chi connectivity index (χ2v) is 6.41. The van der Waals surface area contributed by atoms with Crippen molar-refractivity contribution in [3.05, 3.63) is 42.4 Å². The largest absolute Gasteiger partial charge is 0.478 e. The number of carbonyl (C=O) groups is 2. The molecule has 1 saturated heterocycles. The third kappa shape index (κ3) is 4.82. The van der Waals surface area contributed by atoms with Gasteiger partial charge in [-0.2, -0.15) is 0 Å². The van der Waals surface area contributed by atoms with Crippen LogP contribution in [0.3, 0.4) is 0 Å². The Labute approximate surface area is 149 Å². The second-order valence-electron chi connectivity index (χ2n) is 6.41. The quantitative estimate of drug-likeness (QED) is 0.719. The molecule has 0 radical (unpaired) electrons. The number of rotatable bonds is 3. The molecular formula is C18H21FN2O5. The van der Waals surface area contributed by atoms with Crippen LogP contribution in [0.5, 0.6) is 0 Å². The molecule has 0 bridgehead atoms. The normalized spacial score (nSPS) is 16.3. The van der Waals surface area contributed by atoms with Gasteiger partial charge >= 0.3 is 11.9 Å². The molecule has 1 aliphatic rings. The van der Waals surface area contributed by atoms with Crippen LogP contribution in [-0.2, 0) is 9.59 Å². The van der Waals surface area contributed by atoms with E-state index in [2.05, 4.69) is 24.1 Å². The zero-order valence-corrected chi connectivity index (χ0v) is 14.5. The third-order valence-electron chi connectivity index (χ3n) is 3.96. The molecule has 1 fully saturated rings. The predicted octanol–water partition coefficient (Wildman–Crippen LogP) is 2.47. The molecule has 0 unspecified atom stereocenters. The maximum atomic E-state index is 13.7. The highest BCUT2D eigenvalue weighted by Crippen LogP contribution is 2.33. The standard InChI is InChI=1S/C14H17FN2O.C4H4O4/c1-14(2)9-16-4-5-17(14)12-8-11(15)7-10-3-6-18-13(10)12;5-3(6)1-2-4(7)8/h3,6-8,16H,4-5,9H2,1-2H3;1-2H,(H,5,6)(H,7,8). The van der Waals surface area contributed by atoms with Crippen LogP contribution >= 0.6 is 0 Å². The lowest BCUT2D eigenvalue weighted by Gasteiger charge is -2.44. The molecule has 1 aliphatic heterocycles. The van der Waals surface area contributed by atoms with Crippen molar-refractivity contribution >= 4 is 28.6 Å². The fourth-order valence-corrected chi connectivity index (χ4v) is 2.80. The number of hydrogen-bond acceptors (Lipinski definition) is 5. The van der Waals surface area contributed by atoms with Crippen molar-refractivity contribution in [2.75, 3.05) is 24.5 Å². The average Bonchev–Trinajstić information content (AvgIpc) is 3.01. The van der Waals surface area contributed by atoms with Crippen molar-refractivity contribution in [1.82, 2.24) is 5.32 Å². The van der Waals surface area contributed by atoms with E-state index in [9.17, 15) is 14.0 Å². The first-order valence-corrected chi connectivity index (χ1v) is 8.00. The summed E-state index contributed by atoms with van der Waals surface area (Å²) in [5.74, 6) is -2.73. The number of nitrogens with one attached hydrogen (secondary N) is 1. The third-order valence-corrected chi connectivity index (χ3v) is 3.96. The van der Waals surface area contributed by atoms with Crippen LogP contribution in [0.4, 0.5) is 10.1 Å². The number of halogens is 1. The summed E-state index contributed by atoms with van der Waals surface area (Å²) in [6, 6.07) is 4.88. The molecule has 8 heteroatoms. The molecule has 0 amide bonds. The molecule has 1 aromatic heterocycles. The summed E-state index contributed by atoms with van der Waals surface area (Å²) in [7, 11) is 0. The van der Waals surface area contributed by atoms with E-state index in [1.165, 1.54) is 6.07 Å². The van der Waals surface area contributed by atoms with E-state index in [4.69, 9.17) is 14.6 Å². The average molecular weight is 364 g/mol. The smallest absolute Gasteiger partial charge is 0.328 e. The van der Waals surface area contributed by atoms with Crippen LogP contribution in [0.1, 0.15) is 13.8 Å². The molecule has 140 valence electrons. The van der Waals surface area contributed by atoms with Gasteiger partial charge in [0.1, 0.15) is 5.82 Å². The number of hydrogen-bond donors (Lipinski definition) is 3. The zero-order valence-electron chi connectivity index (χ0n) is 14.5. The zero-order chi connectivity index (χ0) is 19.3. The molecular weight excluding hydrogens is 343 g/mol. The number of piperazine rings is 1. The Bertz CT molecular complexity index is 812. The topological polar surface area (TPSA) is 103 Å². The summed E-state index contributed by atoms with van der Waals surface area (Å²) in [6.07, 6.45) is 2.73. The van der Waals surface area contributed by atoms with Gasteiger partial charge in [0.25, 0.3) is 0 Å². The SMILES string of the molecule is CC1(C)CNCCN1c1cc(F)cc2ccoc12.O=C(O)C=CC(=O)O. The summed E-state index contributed by atoms with van der Waals surface area (Å²) >= 11 is 0. The van der Waals surface area contributed by atoms with E-state index in [0.29, 0.717) is 12.2 Å². The number of fused-ring (bicyclic) bond motifs is 1. The molecule has 3 N–H and O–H groups in total. The number of carboxylic acids is 2. The van der Waals surface area contributed by atoms with Gasteiger partial charge in [-0.3, -0.25) is 0 Å². The predicted molar refractivity (Wildman–Crippen MR) is 94.9 cm³/mol. The van der Waals surface area contributed by atoms with Gasteiger partial charge in [0.2, 0.25) is 0 Å². The van der Waals surface area contributed by atoms with Gasteiger partial charge in [-0.15, -0.1) is 0 Å². The van der Waals surface area contributed by atoms with Crippen molar-refractivity contribution in [1.29, 1.82) is 0 Å². The van der Waals surface area contributed by atoms with E-state index in [1.54, 1.807) is 18.4 Å². The minimum Gasteiger partial charge on any atom is -0.478 e.